The monoisotopic (exact) mass is 300 g/mol. The number of rotatable bonds is 4. The average molecular weight is 300 g/mol. The SMILES string of the molecule is NC(C(=O)Nc1ccc(-n2cnnn2)cc1)c1cccs1. The van der Waals surface area contributed by atoms with Gasteiger partial charge in [-0.05, 0) is 46.1 Å². The molecule has 1 atom stereocenters. The van der Waals surface area contributed by atoms with Crippen molar-refractivity contribution in [2.75, 3.05) is 5.32 Å². The average Bonchev–Trinajstić information content (AvgIpc) is 3.20. The molecular formula is C13H12N6OS. The van der Waals surface area contributed by atoms with Gasteiger partial charge in [0.25, 0.3) is 0 Å². The van der Waals surface area contributed by atoms with Crippen LogP contribution in [0.15, 0.2) is 48.1 Å². The van der Waals surface area contributed by atoms with Crippen molar-refractivity contribution in [3.63, 3.8) is 0 Å². The summed E-state index contributed by atoms with van der Waals surface area (Å²) in [5.74, 6) is -0.243. The number of nitrogens with two attached hydrogens (primary N) is 1. The summed E-state index contributed by atoms with van der Waals surface area (Å²) in [4.78, 5) is 12.9. The number of tetrazole rings is 1. The number of aromatic nitrogens is 4. The van der Waals surface area contributed by atoms with Gasteiger partial charge >= 0.3 is 0 Å². The predicted molar refractivity (Wildman–Crippen MR) is 79.0 cm³/mol. The van der Waals surface area contributed by atoms with E-state index >= 15 is 0 Å². The fraction of sp³-hybridized carbons (Fsp3) is 0.0769. The summed E-state index contributed by atoms with van der Waals surface area (Å²) in [5.41, 5.74) is 7.38. The van der Waals surface area contributed by atoms with Crippen molar-refractivity contribution in [1.29, 1.82) is 0 Å². The van der Waals surface area contributed by atoms with Gasteiger partial charge in [-0.3, -0.25) is 4.79 Å². The highest BCUT2D eigenvalue weighted by molar-refractivity contribution is 7.10. The van der Waals surface area contributed by atoms with Crippen molar-refractivity contribution in [3.8, 4) is 5.69 Å². The quantitative estimate of drug-likeness (QED) is 0.758. The minimum atomic E-state index is -0.663. The molecule has 1 unspecified atom stereocenters. The zero-order valence-electron chi connectivity index (χ0n) is 10.9. The first-order valence-corrected chi connectivity index (χ1v) is 7.05. The number of amides is 1. The van der Waals surface area contributed by atoms with Crippen LogP contribution in [0.3, 0.4) is 0 Å². The molecule has 0 aliphatic carbocycles. The number of hydrogen-bond acceptors (Lipinski definition) is 6. The first-order valence-electron chi connectivity index (χ1n) is 6.17. The van der Waals surface area contributed by atoms with Crippen molar-refractivity contribution in [1.82, 2.24) is 20.2 Å². The largest absolute Gasteiger partial charge is 0.324 e. The van der Waals surface area contributed by atoms with Crippen LogP contribution in [0.25, 0.3) is 5.69 Å². The lowest BCUT2D eigenvalue weighted by Crippen LogP contribution is -2.26. The van der Waals surface area contributed by atoms with Gasteiger partial charge < -0.3 is 11.1 Å². The molecule has 2 heterocycles. The molecule has 0 aliphatic rings. The smallest absolute Gasteiger partial charge is 0.246 e. The highest BCUT2D eigenvalue weighted by Crippen LogP contribution is 2.19. The zero-order chi connectivity index (χ0) is 14.7. The lowest BCUT2D eigenvalue weighted by atomic mass is 10.2. The fourth-order valence-electron chi connectivity index (χ4n) is 1.79. The summed E-state index contributed by atoms with van der Waals surface area (Å²) in [6.45, 7) is 0. The summed E-state index contributed by atoms with van der Waals surface area (Å²) >= 11 is 1.46. The van der Waals surface area contributed by atoms with Crippen LogP contribution in [0.5, 0.6) is 0 Å². The Hall–Kier alpha value is -2.58. The van der Waals surface area contributed by atoms with Gasteiger partial charge in [0.15, 0.2) is 0 Å². The summed E-state index contributed by atoms with van der Waals surface area (Å²) in [6.07, 6.45) is 1.50. The van der Waals surface area contributed by atoms with E-state index in [-0.39, 0.29) is 5.91 Å². The van der Waals surface area contributed by atoms with Gasteiger partial charge in [0.2, 0.25) is 5.91 Å². The first-order chi connectivity index (χ1) is 10.2. The van der Waals surface area contributed by atoms with Gasteiger partial charge in [-0.15, -0.1) is 16.4 Å². The standard InChI is InChI=1S/C13H12N6OS/c14-12(11-2-1-7-21-11)13(20)16-9-3-5-10(6-4-9)19-8-15-17-18-19/h1-8,12H,14H2,(H,16,20). The maximum atomic E-state index is 12.1. The lowest BCUT2D eigenvalue weighted by Gasteiger charge is -2.11. The summed E-state index contributed by atoms with van der Waals surface area (Å²) < 4.78 is 1.53. The van der Waals surface area contributed by atoms with Crippen molar-refractivity contribution < 1.29 is 4.79 Å². The van der Waals surface area contributed by atoms with Gasteiger partial charge in [-0.25, -0.2) is 4.68 Å². The molecule has 2 aromatic heterocycles. The molecule has 3 rings (SSSR count). The van der Waals surface area contributed by atoms with Crippen molar-refractivity contribution >= 4 is 22.9 Å². The maximum absolute atomic E-state index is 12.1. The summed E-state index contributed by atoms with van der Waals surface area (Å²) in [5, 5.41) is 15.6. The van der Waals surface area contributed by atoms with E-state index in [1.165, 1.54) is 22.3 Å². The van der Waals surface area contributed by atoms with Crippen molar-refractivity contribution in [2.45, 2.75) is 6.04 Å². The number of carbonyl (C=O) groups excluding carboxylic acids is 1. The van der Waals surface area contributed by atoms with Crippen molar-refractivity contribution in [3.05, 3.63) is 53.0 Å². The minimum absolute atomic E-state index is 0.243. The van der Waals surface area contributed by atoms with E-state index in [1.807, 2.05) is 29.6 Å². The zero-order valence-corrected chi connectivity index (χ0v) is 11.7. The van der Waals surface area contributed by atoms with Gasteiger partial charge in [-0.2, -0.15) is 0 Å². The van der Waals surface area contributed by atoms with Crippen LogP contribution in [0.4, 0.5) is 5.69 Å². The number of nitrogens with zero attached hydrogens (tertiary/aromatic N) is 4. The van der Waals surface area contributed by atoms with E-state index in [4.69, 9.17) is 5.73 Å². The van der Waals surface area contributed by atoms with Gasteiger partial charge in [0.05, 0.1) is 5.69 Å². The Labute approximate surface area is 124 Å². The fourth-order valence-corrected chi connectivity index (χ4v) is 2.52. The molecule has 0 saturated heterocycles. The molecule has 0 spiro atoms. The number of hydrogen-bond donors (Lipinski definition) is 2. The summed E-state index contributed by atoms with van der Waals surface area (Å²) in [6, 6.07) is 10.2. The molecule has 0 fully saturated rings. The van der Waals surface area contributed by atoms with Crippen LogP contribution >= 0.6 is 11.3 Å². The van der Waals surface area contributed by atoms with Crippen LogP contribution in [-0.4, -0.2) is 26.1 Å². The molecule has 8 heteroatoms. The first kappa shape index (κ1) is 13.4. The topological polar surface area (TPSA) is 98.7 Å². The van der Waals surface area contributed by atoms with Crippen LogP contribution in [0.1, 0.15) is 10.9 Å². The third-order valence-electron chi connectivity index (χ3n) is 2.88. The molecular weight excluding hydrogens is 288 g/mol. The van der Waals surface area contributed by atoms with Gasteiger partial charge in [0.1, 0.15) is 12.4 Å². The molecule has 0 saturated carbocycles. The second-order valence-electron chi connectivity index (χ2n) is 4.28. The normalized spacial score (nSPS) is 12.0. The minimum Gasteiger partial charge on any atom is -0.324 e. The molecule has 1 amide bonds. The van der Waals surface area contributed by atoms with Gasteiger partial charge in [-0.1, -0.05) is 6.07 Å². The van der Waals surface area contributed by atoms with E-state index in [0.29, 0.717) is 5.69 Å². The third-order valence-corrected chi connectivity index (χ3v) is 3.84. The molecule has 0 radical (unpaired) electrons. The molecule has 1 aromatic carbocycles. The Bertz CT molecular complexity index is 708. The molecule has 7 nitrogen and oxygen atoms in total. The van der Waals surface area contributed by atoms with Crippen molar-refractivity contribution in [2.24, 2.45) is 5.73 Å². The van der Waals surface area contributed by atoms with Crippen LogP contribution in [0, 0.1) is 0 Å². The second-order valence-corrected chi connectivity index (χ2v) is 5.26. The highest BCUT2D eigenvalue weighted by atomic mass is 32.1. The van der Waals surface area contributed by atoms with E-state index in [9.17, 15) is 4.79 Å². The van der Waals surface area contributed by atoms with Crippen LogP contribution < -0.4 is 11.1 Å². The Morgan fingerprint density at radius 2 is 2.10 bits per heavy atom. The third kappa shape index (κ3) is 2.96. The van der Waals surface area contributed by atoms with Crippen LogP contribution in [0.2, 0.25) is 0 Å². The Morgan fingerprint density at radius 3 is 2.71 bits per heavy atom. The summed E-state index contributed by atoms with van der Waals surface area (Å²) in [7, 11) is 0. The number of carbonyl (C=O) groups is 1. The Kier molecular flexibility index (Phi) is 3.71. The van der Waals surface area contributed by atoms with Gasteiger partial charge in [0, 0.05) is 10.6 Å². The molecule has 106 valence electrons. The Morgan fingerprint density at radius 1 is 1.29 bits per heavy atom. The lowest BCUT2D eigenvalue weighted by molar-refractivity contribution is -0.117. The van der Waals surface area contributed by atoms with E-state index in [0.717, 1.165) is 10.6 Å². The molecule has 3 aromatic rings. The van der Waals surface area contributed by atoms with Crippen LogP contribution in [-0.2, 0) is 4.79 Å². The molecule has 21 heavy (non-hydrogen) atoms. The number of benzene rings is 1. The molecule has 0 aliphatic heterocycles. The molecule has 3 N–H and O–H groups in total. The predicted octanol–water partition coefficient (Wildman–Crippen LogP) is 1.36. The second kappa shape index (κ2) is 5.81. The molecule has 0 bridgehead atoms. The highest BCUT2D eigenvalue weighted by Gasteiger charge is 2.16. The number of anilines is 1. The maximum Gasteiger partial charge on any atom is 0.246 e. The van der Waals surface area contributed by atoms with E-state index in [1.54, 1.807) is 12.1 Å². The van der Waals surface area contributed by atoms with E-state index in [2.05, 4.69) is 20.8 Å². The number of thiophene rings is 1. The number of nitrogens with one attached hydrogen (secondary N) is 1. The van der Waals surface area contributed by atoms with E-state index < -0.39 is 6.04 Å². The Balaban J connectivity index is 1.69.